The largest absolute Gasteiger partial charge is 0.399 e. The van der Waals surface area contributed by atoms with E-state index in [2.05, 4.69) is 19.2 Å². The van der Waals surface area contributed by atoms with Crippen LogP contribution in [0.25, 0.3) is 0 Å². The van der Waals surface area contributed by atoms with Crippen molar-refractivity contribution >= 4 is 11.4 Å². The fourth-order valence-electron chi connectivity index (χ4n) is 1.35. The maximum atomic E-state index is 12.7. The molecule has 4 heteroatoms. The molecular formula is C12H18F2N2. The number of nitrogens with one attached hydrogen (secondary N) is 1. The second kappa shape index (κ2) is 5.68. The topological polar surface area (TPSA) is 38.0 Å². The van der Waals surface area contributed by atoms with Gasteiger partial charge in [-0.15, -0.1) is 0 Å². The summed E-state index contributed by atoms with van der Waals surface area (Å²) in [6, 6.07) is 4.56. The predicted molar refractivity (Wildman–Crippen MR) is 63.8 cm³/mol. The molecule has 0 amide bonds. The average molecular weight is 228 g/mol. The molecule has 0 saturated heterocycles. The first-order valence-electron chi connectivity index (χ1n) is 5.46. The van der Waals surface area contributed by atoms with Gasteiger partial charge in [0.05, 0.1) is 0 Å². The standard InChI is InChI=1S/C12H18F2N2/c1-3-8(2)7-16-11-5-4-9(15)6-10(11)12(13)14/h4-6,8,12,16H,3,7,15H2,1-2H3. The van der Waals surface area contributed by atoms with Crippen molar-refractivity contribution in [1.82, 2.24) is 0 Å². The van der Waals surface area contributed by atoms with Crippen LogP contribution in [0.1, 0.15) is 32.3 Å². The Balaban J connectivity index is 2.78. The van der Waals surface area contributed by atoms with E-state index in [4.69, 9.17) is 5.73 Å². The molecule has 0 radical (unpaired) electrons. The van der Waals surface area contributed by atoms with Gasteiger partial charge in [0.15, 0.2) is 0 Å². The second-order valence-corrected chi connectivity index (χ2v) is 4.04. The quantitative estimate of drug-likeness (QED) is 0.755. The molecule has 0 aromatic heterocycles. The maximum absolute atomic E-state index is 12.7. The van der Waals surface area contributed by atoms with Gasteiger partial charge in [0.25, 0.3) is 6.43 Å². The van der Waals surface area contributed by atoms with Crippen LogP contribution in [0.5, 0.6) is 0 Å². The number of benzene rings is 1. The summed E-state index contributed by atoms with van der Waals surface area (Å²) in [5.41, 5.74) is 6.30. The molecule has 0 fully saturated rings. The molecule has 0 saturated carbocycles. The number of alkyl halides is 2. The molecule has 0 bridgehead atoms. The number of nitrogens with two attached hydrogens (primary N) is 1. The Labute approximate surface area is 94.8 Å². The Morgan fingerprint density at radius 3 is 2.62 bits per heavy atom. The normalized spacial score (nSPS) is 12.8. The van der Waals surface area contributed by atoms with Gasteiger partial charge in [0.2, 0.25) is 0 Å². The Morgan fingerprint density at radius 1 is 1.38 bits per heavy atom. The van der Waals surface area contributed by atoms with E-state index in [1.807, 2.05) is 0 Å². The van der Waals surface area contributed by atoms with Gasteiger partial charge < -0.3 is 11.1 Å². The van der Waals surface area contributed by atoms with Gasteiger partial charge in [-0.1, -0.05) is 20.3 Å². The molecule has 1 aromatic rings. The van der Waals surface area contributed by atoms with E-state index < -0.39 is 6.43 Å². The van der Waals surface area contributed by atoms with E-state index in [0.29, 0.717) is 23.8 Å². The Kier molecular flexibility index (Phi) is 4.52. The highest BCUT2D eigenvalue weighted by Crippen LogP contribution is 2.29. The number of hydrogen-bond donors (Lipinski definition) is 2. The highest BCUT2D eigenvalue weighted by atomic mass is 19.3. The zero-order chi connectivity index (χ0) is 12.1. The third kappa shape index (κ3) is 3.36. The summed E-state index contributed by atoms with van der Waals surface area (Å²) in [5.74, 6) is 0.461. The van der Waals surface area contributed by atoms with E-state index in [0.717, 1.165) is 6.42 Å². The first kappa shape index (κ1) is 12.7. The van der Waals surface area contributed by atoms with Crippen molar-refractivity contribution in [3.05, 3.63) is 23.8 Å². The lowest BCUT2D eigenvalue weighted by atomic mass is 10.1. The van der Waals surface area contributed by atoms with Gasteiger partial charge >= 0.3 is 0 Å². The van der Waals surface area contributed by atoms with E-state index in [-0.39, 0.29) is 5.56 Å². The summed E-state index contributed by atoms with van der Waals surface area (Å²) >= 11 is 0. The number of hydrogen-bond acceptors (Lipinski definition) is 2. The van der Waals surface area contributed by atoms with Crippen LogP contribution in [0, 0.1) is 5.92 Å². The molecule has 1 atom stereocenters. The molecule has 1 unspecified atom stereocenters. The third-order valence-electron chi connectivity index (χ3n) is 2.65. The minimum Gasteiger partial charge on any atom is -0.399 e. The molecule has 1 rings (SSSR count). The lowest BCUT2D eigenvalue weighted by Gasteiger charge is -2.15. The maximum Gasteiger partial charge on any atom is 0.265 e. The summed E-state index contributed by atoms with van der Waals surface area (Å²) in [6.07, 6.45) is -1.48. The van der Waals surface area contributed by atoms with Crippen LogP contribution in [0.4, 0.5) is 20.2 Å². The molecule has 16 heavy (non-hydrogen) atoms. The van der Waals surface area contributed by atoms with Gasteiger partial charge in [-0.2, -0.15) is 0 Å². The van der Waals surface area contributed by atoms with Crippen molar-refractivity contribution in [2.45, 2.75) is 26.7 Å². The first-order valence-corrected chi connectivity index (χ1v) is 5.46. The van der Waals surface area contributed by atoms with Gasteiger partial charge in [0.1, 0.15) is 0 Å². The number of anilines is 2. The average Bonchev–Trinajstić information content (AvgIpc) is 2.26. The zero-order valence-electron chi connectivity index (χ0n) is 9.63. The van der Waals surface area contributed by atoms with Gasteiger partial charge in [0, 0.05) is 23.5 Å². The van der Waals surface area contributed by atoms with Crippen LogP contribution < -0.4 is 11.1 Å². The van der Waals surface area contributed by atoms with Crippen molar-refractivity contribution in [2.75, 3.05) is 17.6 Å². The van der Waals surface area contributed by atoms with E-state index >= 15 is 0 Å². The van der Waals surface area contributed by atoms with Crippen LogP contribution in [0.2, 0.25) is 0 Å². The fraction of sp³-hybridized carbons (Fsp3) is 0.500. The van der Waals surface area contributed by atoms with E-state index in [1.165, 1.54) is 6.07 Å². The predicted octanol–water partition coefficient (Wildman–Crippen LogP) is 3.66. The molecule has 1 aromatic carbocycles. The highest BCUT2D eigenvalue weighted by Gasteiger charge is 2.13. The van der Waals surface area contributed by atoms with Crippen LogP contribution in [0.15, 0.2) is 18.2 Å². The molecule has 3 N–H and O–H groups in total. The van der Waals surface area contributed by atoms with Crippen molar-refractivity contribution in [1.29, 1.82) is 0 Å². The molecule has 0 heterocycles. The minimum absolute atomic E-state index is 0.0247. The third-order valence-corrected chi connectivity index (χ3v) is 2.65. The Morgan fingerprint density at radius 2 is 2.06 bits per heavy atom. The van der Waals surface area contributed by atoms with Gasteiger partial charge in [-0.05, 0) is 24.1 Å². The lowest BCUT2D eigenvalue weighted by Crippen LogP contribution is -2.11. The summed E-state index contributed by atoms with van der Waals surface area (Å²) < 4.78 is 25.4. The second-order valence-electron chi connectivity index (χ2n) is 4.04. The van der Waals surface area contributed by atoms with Crippen LogP contribution in [-0.2, 0) is 0 Å². The fourth-order valence-corrected chi connectivity index (χ4v) is 1.35. The monoisotopic (exact) mass is 228 g/mol. The minimum atomic E-state index is -2.50. The number of nitrogen functional groups attached to an aromatic ring is 1. The number of halogens is 2. The SMILES string of the molecule is CCC(C)CNc1ccc(N)cc1C(F)F. The van der Waals surface area contributed by atoms with Crippen LogP contribution in [-0.4, -0.2) is 6.54 Å². The molecule has 0 aliphatic carbocycles. The lowest BCUT2D eigenvalue weighted by molar-refractivity contribution is 0.152. The smallest absolute Gasteiger partial charge is 0.265 e. The van der Waals surface area contributed by atoms with Crippen LogP contribution >= 0.6 is 0 Å². The van der Waals surface area contributed by atoms with Crippen molar-refractivity contribution in [3.63, 3.8) is 0 Å². The molecular weight excluding hydrogens is 210 g/mol. The van der Waals surface area contributed by atoms with Crippen LogP contribution in [0.3, 0.4) is 0 Å². The number of rotatable bonds is 5. The molecule has 0 spiro atoms. The summed E-state index contributed by atoms with van der Waals surface area (Å²) in [7, 11) is 0. The summed E-state index contributed by atoms with van der Waals surface area (Å²) in [4.78, 5) is 0. The summed E-state index contributed by atoms with van der Waals surface area (Å²) in [5, 5.41) is 3.04. The van der Waals surface area contributed by atoms with Crippen molar-refractivity contribution in [3.8, 4) is 0 Å². The zero-order valence-corrected chi connectivity index (χ0v) is 9.63. The Hall–Kier alpha value is -1.32. The Bertz CT molecular complexity index is 340. The molecule has 2 nitrogen and oxygen atoms in total. The van der Waals surface area contributed by atoms with Gasteiger partial charge in [-0.25, -0.2) is 8.78 Å². The van der Waals surface area contributed by atoms with Crippen molar-refractivity contribution in [2.24, 2.45) is 5.92 Å². The van der Waals surface area contributed by atoms with E-state index in [1.54, 1.807) is 12.1 Å². The molecule has 0 aliphatic rings. The molecule has 90 valence electrons. The van der Waals surface area contributed by atoms with Crippen molar-refractivity contribution < 1.29 is 8.78 Å². The highest BCUT2D eigenvalue weighted by molar-refractivity contribution is 5.58. The summed E-state index contributed by atoms with van der Waals surface area (Å²) in [6.45, 7) is 4.84. The van der Waals surface area contributed by atoms with E-state index in [9.17, 15) is 8.78 Å². The van der Waals surface area contributed by atoms with Gasteiger partial charge in [-0.3, -0.25) is 0 Å². The molecule has 0 aliphatic heterocycles. The first-order chi connectivity index (χ1) is 7.54.